The van der Waals surface area contributed by atoms with E-state index in [0.29, 0.717) is 11.4 Å². The molecule has 0 saturated heterocycles. The third kappa shape index (κ3) is 3.11. The summed E-state index contributed by atoms with van der Waals surface area (Å²) in [5, 5.41) is 5.23. The molecule has 0 atom stereocenters. The van der Waals surface area contributed by atoms with Crippen LogP contribution in [-0.4, -0.2) is 29.3 Å². The topological polar surface area (TPSA) is 76.5 Å². The minimum atomic E-state index is -0.358. The summed E-state index contributed by atoms with van der Waals surface area (Å²) in [7, 11) is 1.36. The van der Waals surface area contributed by atoms with Crippen LogP contribution in [0, 0.1) is 13.8 Å². The lowest BCUT2D eigenvalue weighted by atomic mass is 10.1. The summed E-state index contributed by atoms with van der Waals surface area (Å²) in [5.41, 5.74) is 5.50. The predicted molar refractivity (Wildman–Crippen MR) is 95.9 cm³/mol. The van der Waals surface area contributed by atoms with Gasteiger partial charge in [0, 0.05) is 4.88 Å². The van der Waals surface area contributed by atoms with E-state index in [-0.39, 0.29) is 5.97 Å². The van der Waals surface area contributed by atoms with Crippen molar-refractivity contribution in [2.45, 2.75) is 13.8 Å². The lowest BCUT2D eigenvalue weighted by Crippen LogP contribution is -2.01. The molecule has 3 aromatic rings. The van der Waals surface area contributed by atoms with Gasteiger partial charge >= 0.3 is 5.97 Å². The zero-order valence-electron chi connectivity index (χ0n) is 13.5. The van der Waals surface area contributed by atoms with Crippen molar-refractivity contribution in [3.63, 3.8) is 0 Å². The first-order valence-corrected chi connectivity index (χ1v) is 8.10. The highest BCUT2D eigenvalue weighted by Crippen LogP contribution is 2.32. The number of fused-ring (bicyclic) bond motifs is 1. The van der Waals surface area contributed by atoms with Gasteiger partial charge < -0.3 is 4.74 Å². The number of nitrogens with one attached hydrogen (secondary N) is 1. The highest BCUT2D eigenvalue weighted by Gasteiger charge is 2.11. The van der Waals surface area contributed by atoms with Crippen molar-refractivity contribution in [3.8, 4) is 0 Å². The smallest absolute Gasteiger partial charge is 0.337 e. The minimum Gasteiger partial charge on any atom is -0.465 e. The number of nitrogens with zero attached hydrogens (tertiary/aromatic N) is 3. The molecule has 7 heteroatoms. The molecule has 0 saturated carbocycles. The number of anilines is 1. The van der Waals surface area contributed by atoms with Crippen molar-refractivity contribution in [3.05, 3.63) is 52.2 Å². The summed E-state index contributed by atoms with van der Waals surface area (Å²) in [5.74, 6) is 0.326. The number of aryl methyl sites for hydroxylation is 2. The van der Waals surface area contributed by atoms with Gasteiger partial charge in [0.2, 0.25) is 0 Å². The first kappa shape index (κ1) is 16.1. The molecule has 6 nitrogen and oxygen atoms in total. The number of carbonyl (C=O) groups is 1. The zero-order valence-corrected chi connectivity index (χ0v) is 14.3. The molecule has 2 heterocycles. The fourth-order valence-corrected chi connectivity index (χ4v) is 3.26. The molecule has 0 spiro atoms. The number of benzene rings is 1. The summed E-state index contributed by atoms with van der Waals surface area (Å²) >= 11 is 1.64. The second kappa shape index (κ2) is 6.76. The van der Waals surface area contributed by atoms with Crippen LogP contribution in [0.2, 0.25) is 0 Å². The molecule has 24 heavy (non-hydrogen) atoms. The highest BCUT2D eigenvalue weighted by molar-refractivity contribution is 7.18. The van der Waals surface area contributed by atoms with E-state index in [9.17, 15) is 4.79 Å². The second-order valence-corrected chi connectivity index (χ2v) is 6.37. The van der Waals surface area contributed by atoms with E-state index in [2.05, 4.69) is 39.1 Å². The maximum Gasteiger partial charge on any atom is 0.337 e. The number of thiophene rings is 1. The van der Waals surface area contributed by atoms with E-state index in [1.807, 2.05) is 0 Å². The van der Waals surface area contributed by atoms with E-state index >= 15 is 0 Å². The molecule has 3 rings (SSSR count). The van der Waals surface area contributed by atoms with Crippen LogP contribution in [0.4, 0.5) is 5.82 Å². The van der Waals surface area contributed by atoms with Crippen molar-refractivity contribution in [1.82, 2.24) is 9.97 Å². The van der Waals surface area contributed by atoms with Crippen molar-refractivity contribution in [2.24, 2.45) is 5.10 Å². The van der Waals surface area contributed by atoms with Gasteiger partial charge in [-0.3, -0.25) is 5.43 Å². The van der Waals surface area contributed by atoms with Crippen LogP contribution in [-0.2, 0) is 4.74 Å². The standard InChI is InChI=1S/C17H16N4O2S/c1-10-11(2)24-16-14(10)15(18-9-19-16)21-20-8-12-4-6-13(7-5-12)17(22)23-3/h4-9H,1-3H3,(H,18,19,21). The third-order valence-corrected chi connectivity index (χ3v) is 4.80. The van der Waals surface area contributed by atoms with Crippen LogP contribution in [0.5, 0.6) is 0 Å². The summed E-state index contributed by atoms with van der Waals surface area (Å²) in [6.45, 7) is 4.12. The molecule has 1 aromatic carbocycles. The average molecular weight is 340 g/mol. The Balaban J connectivity index is 1.78. The summed E-state index contributed by atoms with van der Waals surface area (Å²) in [6, 6.07) is 6.99. The molecule has 0 fully saturated rings. The number of esters is 1. The molecule has 1 N–H and O–H groups in total. The quantitative estimate of drug-likeness (QED) is 0.446. The van der Waals surface area contributed by atoms with Crippen molar-refractivity contribution >= 4 is 39.6 Å². The molecule has 0 amide bonds. The van der Waals surface area contributed by atoms with E-state index in [4.69, 9.17) is 0 Å². The van der Waals surface area contributed by atoms with Crippen LogP contribution in [0.15, 0.2) is 35.7 Å². The summed E-state index contributed by atoms with van der Waals surface area (Å²) in [4.78, 5) is 22.1. The van der Waals surface area contributed by atoms with Gasteiger partial charge in [-0.25, -0.2) is 14.8 Å². The number of aromatic nitrogens is 2. The number of hydrazone groups is 1. The number of methoxy groups -OCH3 is 1. The molecular formula is C17H16N4O2S. The van der Waals surface area contributed by atoms with E-state index < -0.39 is 0 Å². The molecule has 0 unspecified atom stereocenters. The predicted octanol–water partition coefficient (Wildman–Crippen LogP) is 3.54. The van der Waals surface area contributed by atoms with Gasteiger partial charge in [-0.1, -0.05) is 12.1 Å². The van der Waals surface area contributed by atoms with E-state index in [1.165, 1.54) is 18.3 Å². The Morgan fingerprint density at radius 1 is 1.25 bits per heavy atom. The lowest BCUT2D eigenvalue weighted by Gasteiger charge is -2.02. The molecular weight excluding hydrogens is 324 g/mol. The Labute approximate surface area is 143 Å². The summed E-state index contributed by atoms with van der Waals surface area (Å²) in [6.07, 6.45) is 3.20. The molecule has 0 bridgehead atoms. The fraction of sp³-hybridized carbons (Fsp3) is 0.176. The molecule has 0 aliphatic rings. The number of rotatable bonds is 4. The Hall–Kier alpha value is -2.80. The third-order valence-electron chi connectivity index (χ3n) is 3.68. The molecule has 122 valence electrons. The number of hydrogen-bond acceptors (Lipinski definition) is 7. The largest absolute Gasteiger partial charge is 0.465 e. The van der Waals surface area contributed by atoms with Gasteiger partial charge in [0.05, 0.1) is 24.3 Å². The first-order chi connectivity index (χ1) is 11.6. The Kier molecular flexibility index (Phi) is 4.52. The van der Waals surface area contributed by atoms with Gasteiger partial charge in [-0.05, 0) is 37.1 Å². The van der Waals surface area contributed by atoms with Crippen LogP contribution >= 0.6 is 11.3 Å². The first-order valence-electron chi connectivity index (χ1n) is 7.28. The lowest BCUT2D eigenvalue weighted by molar-refractivity contribution is 0.0600. The molecule has 2 aromatic heterocycles. The highest BCUT2D eigenvalue weighted by atomic mass is 32.1. The molecule has 0 aliphatic heterocycles. The number of hydrogen-bond donors (Lipinski definition) is 1. The van der Waals surface area contributed by atoms with Gasteiger partial charge in [-0.15, -0.1) is 11.3 Å². The fourth-order valence-electron chi connectivity index (χ4n) is 2.26. The minimum absolute atomic E-state index is 0.358. The monoisotopic (exact) mass is 340 g/mol. The molecule has 0 radical (unpaired) electrons. The van der Waals surface area contributed by atoms with Crippen LogP contribution in [0.3, 0.4) is 0 Å². The normalized spacial score (nSPS) is 11.1. The second-order valence-electron chi connectivity index (χ2n) is 5.17. The average Bonchev–Trinajstić information content (AvgIpc) is 2.90. The Morgan fingerprint density at radius 2 is 2.00 bits per heavy atom. The zero-order chi connectivity index (χ0) is 17.1. The van der Waals surface area contributed by atoms with Crippen molar-refractivity contribution in [2.75, 3.05) is 12.5 Å². The van der Waals surface area contributed by atoms with E-state index in [1.54, 1.807) is 41.8 Å². The maximum atomic E-state index is 11.4. The number of ether oxygens (including phenoxy) is 1. The maximum absolute atomic E-state index is 11.4. The molecule has 0 aliphatic carbocycles. The van der Waals surface area contributed by atoms with Crippen LogP contribution < -0.4 is 5.43 Å². The van der Waals surface area contributed by atoms with Gasteiger partial charge in [-0.2, -0.15) is 5.10 Å². The SMILES string of the molecule is COC(=O)c1ccc(C=NNc2ncnc3sc(C)c(C)c23)cc1. The van der Waals surface area contributed by atoms with Gasteiger partial charge in [0.15, 0.2) is 5.82 Å². The van der Waals surface area contributed by atoms with Crippen LogP contribution in [0.25, 0.3) is 10.2 Å². The summed E-state index contributed by atoms with van der Waals surface area (Å²) < 4.78 is 4.67. The van der Waals surface area contributed by atoms with Gasteiger partial charge in [0.1, 0.15) is 11.2 Å². The van der Waals surface area contributed by atoms with Crippen molar-refractivity contribution in [1.29, 1.82) is 0 Å². The number of carbonyl (C=O) groups excluding carboxylic acids is 1. The Bertz CT molecular complexity index is 916. The Morgan fingerprint density at radius 3 is 2.71 bits per heavy atom. The van der Waals surface area contributed by atoms with Crippen molar-refractivity contribution < 1.29 is 9.53 Å². The van der Waals surface area contributed by atoms with Crippen LogP contribution in [0.1, 0.15) is 26.4 Å². The van der Waals surface area contributed by atoms with E-state index in [0.717, 1.165) is 21.3 Å². The van der Waals surface area contributed by atoms with Gasteiger partial charge in [0.25, 0.3) is 0 Å².